The van der Waals surface area contributed by atoms with Crippen LogP contribution in [0.4, 0.5) is 0 Å². The van der Waals surface area contributed by atoms with E-state index >= 15 is 0 Å². The number of nitrogens with zero attached hydrogens (tertiary/aromatic N) is 2. The molecule has 0 aromatic heterocycles. The molecule has 4 nitrogen and oxygen atoms in total. The third-order valence-corrected chi connectivity index (χ3v) is 6.54. The minimum atomic E-state index is -3.06. The first-order chi connectivity index (χ1) is 11.1. The fourth-order valence-electron chi connectivity index (χ4n) is 3.22. The topological polar surface area (TPSA) is 40.6 Å². The number of benzene rings is 2. The van der Waals surface area contributed by atoms with Crippen molar-refractivity contribution in [2.45, 2.75) is 19.9 Å². The smallest absolute Gasteiger partial charge is 0.214 e. The number of rotatable bonds is 5. The molecule has 2 aromatic carbocycles. The number of hydrogen-bond donors (Lipinski definition) is 0. The third kappa shape index (κ3) is 3.74. The summed E-state index contributed by atoms with van der Waals surface area (Å²) in [6.07, 6.45) is 0.679. The van der Waals surface area contributed by atoms with Crippen LogP contribution >= 0.6 is 0 Å². The highest BCUT2D eigenvalue weighted by Crippen LogP contribution is 2.21. The zero-order chi connectivity index (χ0) is 16.3. The zero-order valence-corrected chi connectivity index (χ0v) is 14.4. The number of fused-ring (bicyclic) bond motifs is 1. The van der Waals surface area contributed by atoms with Crippen molar-refractivity contribution in [3.05, 3.63) is 48.0 Å². The highest BCUT2D eigenvalue weighted by Gasteiger charge is 2.26. The van der Waals surface area contributed by atoms with Crippen LogP contribution in [0, 0.1) is 0 Å². The molecular formula is C18H24N2O2S. The molecule has 0 atom stereocenters. The molecule has 1 fully saturated rings. The lowest BCUT2D eigenvalue weighted by Crippen LogP contribution is -2.48. The van der Waals surface area contributed by atoms with Crippen LogP contribution in [0.25, 0.3) is 10.8 Å². The van der Waals surface area contributed by atoms with Crippen molar-refractivity contribution in [2.75, 3.05) is 31.9 Å². The number of piperazine rings is 1. The normalized spacial score (nSPS) is 17.6. The van der Waals surface area contributed by atoms with E-state index in [4.69, 9.17) is 0 Å². The lowest BCUT2D eigenvalue weighted by molar-refractivity contribution is 0.182. The van der Waals surface area contributed by atoms with Gasteiger partial charge in [-0.1, -0.05) is 49.4 Å². The van der Waals surface area contributed by atoms with Gasteiger partial charge >= 0.3 is 0 Å². The molecule has 0 aliphatic carbocycles. The van der Waals surface area contributed by atoms with E-state index in [0.29, 0.717) is 19.5 Å². The molecule has 1 aliphatic rings. The maximum atomic E-state index is 12.1. The lowest BCUT2D eigenvalue weighted by atomic mass is 10.0. The van der Waals surface area contributed by atoms with Crippen LogP contribution in [0.3, 0.4) is 0 Å². The van der Waals surface area contributed by atoms with Crippen molar-refractivity contribution in [1.29, 1.82) is 0 Å². The Labute approximate surface area is 138 Å². The molecule has 2 aromatic rings. The maximum absolute atomic E-state index is 12.1. The SMILES string of the molecule is CCCS(=O)(=O)N1CCN(Cc2cccc3ccccc23)CC1. The van der Waals surface area contributed by atoms with Crippen LogP contribution in [0.2, 0.25) is 0 Å². The summed E-state index contributed by atoms with van der Waals surface area (Å²) in [5.41, 5.74) is 1.31. The minimum absolute atomic E-state index is 0.260. The van der Waals surface area contributed by atoms with Crippen LogP contribution in [0.5, 0.6) is 0 Å². The fraction of sp³-hybridized carbons (Fsp3) is 0.444. The summed E-state index contributed by atoms with van der Waals surface area (Å²) in [6.45, 7) is 5.59. The lowest BCUT2D eigenvalue weighted by Gasteiger charge is -2.34. The van der Waals surface area contributed by atoms with Crippen LogP contribution < -0.4 is 0 Å². The zero-order valence-electron chi connectivity index (χ0n) is 13.6. The largest absolute Gasteiger partial charge is 0.296 e. The van der Waals surface area contributed by atoms with Gasteiger partial charge in [-0.2, -0.15) is 4.31 Å². The van der Waals surface area contributed by atoms with Gasteiger partial charge < -0.3 is 0 Å². The van der Waals surface area contributed by atoms with Gasteiger partial charge in [-0.25, -0.2) is 8.42 Å². The second-order valence-corrected chi connectivity index (χ2v) is 8.22. The van der Waals surface area contributed by atoms with E-state index in [-0.39, 0.29) is 5.75 Å². The van der Waals surface area contributed by atoms with Gasteiger partial charge in [0.15, 0.2) is 0 Å². The van der Waals surface area contributed by atoms with Gasteiger partial charge in [0.2, 0.25) is 10.0 Å². The average molecular weight is 332 g/mol. The Morgan fingerprint density at radius 2 is 1.65 bits per heavy atom. The summed E-state index contributed by atoms with van der Waals surface area (Å²) in [4.78, 5) is 2.35. The molecule has 0 saturated carbocycles. The minimum Gasteiger partial charge on any atom is -0.296 e. The highest BCUT2D eigenvalue weighted by molar-refractivity contribution is 7.89. The highest BCUT2D eigenvalue weighted by atomic mass is 32.2. The number of sulfonamides is 1. The van der Waals surface area contributed by atoms with E-state index < -0.39 is 10.0 Å². The first kappa shape index (κ1) is 16.4. The Morgan fingerprint density at radius 3 is 2.39 bits per heavy atom. The molecule has 0 radical (unpaired) electrons. The second-order valence-electron chi connectivity index (χ2n) is 6.13. The van der Waals surface area contributed by atoms with Crippen LogP contribution in [-0.4, -0.2) is 49.6 Å². The van der Waals surface area contributed by atoms with E-state index in [2.05, 4.69) is 47.4 Å². The van der Waals surface area contributed by atoms with Crippen molar-refractivity contribution in [2.24, 2.45) is 0 Å². The summed E-state index contributed by atoms with van der Waals surface area (Å²) in [6, 6.07) is 14.8. The second kappa shape index (κ2) is 6.99. The standard InChI is InChI=1S/C18H24N2O2S/c1-2-14-23(21,22)20-12-10-19(11-13-20)15-17-8-5-7-16-6-3-4-9-18(16)17/h3-9H,2,10-15H2,1H3. The maximum Gasteiger partial charge on any atom is 0.214 e. The predicted molar refractivity (Wildman–Crippen MR) is 94.9 cm³/mol. The predicted octanol–water partition coefficient (Wildman–Crippen LogP) is 2.70. The van der Waals surface area contributed by atoms with E-state index in [1.54, 1.807) is 4.31 Å². The summed E-state index contributed by atoms with van der Waals surface area (Å²) < 4.78 is 25.9. The van der Waals surface area contributed by atoms with Crippen molar-refractivity contribution in [1.82, 2.24) is 9.21 Å². The van der Waals surface area contributed by atoms with Gasteiger partial charge in [0, 0.05) is 32.7 Å². The Bertz CT molecular complexity index is 760. The van der Waals surface area contributed by atoms with Crippen molar-refractivity contribution in [3.63, 3.8) is 0 Å². The molecule has 1 saturated heterocycles. The summed E-state index contributed by atoms with van der Waals surface area (Å²) in [7, 11) is -3.06. The molecule has 23 heavy (non-hydrogen) atoms. The van der Waals surface area contributed by atoms with E-state index in [0.717, 1.165) is 19.6 Å². The molecule has 1 heterocycles. The number of hydrogen-bond acceptors (Lipinski definition) is 3. The first-order valence-electron chi connectivity index (χ1n) is 8.27. The van der Waals surface area contributed by atoms with E-state index in [1.165, 1.54) is 16.3 Å². The third-order valence-electron chi connectivity index (χ3n) is 4.46. The van der Waals surface area contributed by atoms with Gasteiger partial charge in [-0.3, -0.25) is 4.90 Å². The molecule has 1 aliphatic heterocycles. The molecule has 0 spiro atoms. The molecular weight excluding hydrogens is 308 g/mol. The van der Waals surface area contributed by atoms with Crippen LogP contribution in [0.1, 0.15) is 18.9 Å². The van der Waals surface area contributed by atoms with Crippen molar-refractivity contribution >= 4 is 20.8 Å². The quantitative estimate of drug-likeness (QED) is 0.845. The molecule has 3 rings (SSSR count). The summed E-state index contributed by atoms with van der Waals surface area (Å²) in [5.74, 6) is 0.260. The fourth-order valence-corrected chi connectivity index (χ4v) is 4.72. The van der Waals surface area contributed by atoms with Gasteiger partial charge in [0.1, 0.15) is 0 Å². The van der Waals surface area contributed by atoms with Crippen LogP contribution in [-0.2, 0) is 16.6 Å². The Hall–Kier alpha value is -1.43. The van der Waals surface area contributed by atoms with Crippen molar-refractivity contribution in [3.8, 4) is 0 Å². The molecule has 0 N–H and O–H groups in total. The summed E-state index contributed by atoms with van der Waals surface area (Å²) in [5, 5.41) is 2.55. The molecule has 5 heteroatoms. The van der Waals surface area contributed by atoms with Gasteiger partial charge in [-0.05, 0) is 22.8 Å². The first-order valence-corrected chi connectivity index (χ1v) is 9.88. The Morgan fingerprint density at radius 1 is 0.957 bits per heavy atom. The van der Waals surface area contributed by atoms with E-state index in [9.17, 15) is 8.42 Å². The molecule has 124 valence electrons. The molecule has 0 amide bonds. The van der Waals surface area contributed by atoms with Crippen LogP contribution in [0.15, 0.2) is 42.5 Å². The Kier molecular flexibility index (Phi) is 4.99. The van der Waals surface area contributed by atoms with Gasteiger partial charge in [-0.15, -0.1) is 0 Å². The van der Waals surface area contributed by atoms with Gasteiger partial charge in [0.05, 0.1) is 5.75 Å². The summed E-state index contributed by atoms with van der Waals surface area (Å²) >= 11 is 0. The Balaban J connectivity index is 1.67. The molecule has 0 unspecified atom stereocenters. The molecule has 0 bridgehead atoms. The average Bonchev–Trinajstić information content (AvgIpc) is 2.56. The van der Waals surface area contributed by atoms with E-state index in [1.807, 2.05) is 6.92 Å². The monoisotopic (exact) mass is 332 g/mol. The van der Waals surface area contributed by atoms with Crippen molar-refractivity contribution < 1.29 is 8.42 Å². The van der Waals surface area contributed by atoms with Gasteiger partial charge in [0.25, 0.3) is 0 Å².